The first kappa shape index (κ1) is 17.3. The quantitative estimate of drug-likeness (QED) is 0.740. The van der Waals surface area contributed by atoms with E-state index in [-0.39, 0.29) is 18.4 Å². The lowest BCUT2D eigenvalue weighted by molar-refractivity contribution is -0.123. The Kier molecular flexibility index (Phi) is 5.23. The molecule has 1 aliphatic rings. The van der Waals surface area contributed by atoms with Crippen molar-refractivity contribution in [3.8, 4) is 11.5 Å². The van der Waals surface area contributed by atoms with Gasteiger partial charge < -0.3 is 19.9 Å². The number of nitrogens with one attached hydrogen (secondary N) is 2. The van der Waals surface area contributed by atoms with Crippen LogP contribution in [0.3, 0.4) is 0 Å². The molecule has 0 unspecified atom stereocenters. The van der Waals surface area contributed by atoms with Gasteiger partial charge in [-0.25, -0.2) is 0 Å². The maximum Gasteiger partial charge on any atom is 0.227 e. The molecule has 0 aliphatic heterocycles. The number of fused-ring (bicyclic) bond motifs is 1. The minimum Gasteiger partial charge on any atom is -0.497 e. The maximum absolute atomic E-state index is 12.5. The van der Waals surface area contributed by atoms with E-state index in [4.69, 9.17) is 9.47 Å². The number of aromatic nitrogens is 2. The van der Waals surface area contributed by atoms with Crippen LogP contribution in [0.15, 0.2) is 24.4 Å². The summed E-state index contributed by atoms with van der Waals surface area (Å²) >= 11 is 0. The van der Waals surface area contributed by atoms with Crippen LogP contribution in [0.5, 0.6) is 11.5 Å². The molecule has 7 heteroatoms. The number of nitrogens with zero attached hydrogens (tertiary/aromatic N) is 1. The number of ether oxygens (including phenoxy) is 2. The Morgan fingerprint density at radius 2 is 2.08 bits per heavy atom. The molecule has 0 fully saturated rings. The number of rotatable bonds is 6. The van der Waals surface area contributed by atoms with Crippen molar-refractivity contribution in [2.75, 3.05) is 20.8 Å². The molecule has 134 valence electrons. The summed E-state index contributed by atoms with van der Waals surface area (Å²) in [6.45, 7) is 0.124. The fourth-order valence-corrected chi connectivity index (χ4v) is 3.19. The zero-order chi connectivity index (χ0) is 17.8. The van der Waals surface area contributed by atoms with E-state index in [1.807, 2.05) is 0 Å². The van der Waals surface area contributed by atoms with E-state index in [1.54, 1.807) is 38.6 Å². The molecule has 2 aromatic rings. The topological polar surface area (TPSA) is 96.5 Å². The second kappa shape index (κ2) is 7.57. The minimum absolute atomic E-state index is 0.0868. The second-order valence-electron chi connectivity index (χ2n) is 6.16. The summed E-state index contributed by atoms with van der Waals surface area (Å²) in [6, 6.07) is 5.19. The third-order valence-electron chi connectivity index (χ3n) is 4.59. The minimum atomic E-state index is -0.847. The van der Waals surface area contributed by atoms with Crippen LogP contribution in [-0.4, -0.2) is 42.0 Å². The summed E-state index contributed by atoms with van der Waals surface area (Å²) in [4.78, 5) is 12.5. The van der Waals surface area contributed by atoms with Gasteiger partial charge in [0.1, 0.15) is 11.5 Å². The van der Waals surface area contributed by atoms with Crippen molar-refractivity contribution in [1.82, 2.24) is 15.5 Å². The molecule has 0 spiro atoms. The summed E-state index contributed by atoms with van der Waals surface area (Å²) in [5, 5.41) is 20.2. The van der Waals surface area contributed by atoms with E-state index >= 15 is 0 Å². The average molecular weight is 345 g/mol. The van der Waals surface area contributed by atoms with Gasteiger partial charge in [0, 0.05) is 23.9 Å². The van der Waals surface area contributed by atoms with Crippen LogP contribution in [0, 0.1) is 0 Å². The van der Waals surface area contributed by atoms with Crippen LogP contribution in [-0.2, 0) is 11.2 Å². The van der Waals surface area contributed by atoms with Gasteiger partial charge in [0.2, 0.25) is 5.91 Å². The van der Waals surface area contributed by atoms with Gasteiger partial charge in [-0.1, -0.05) is 0 Å². The van der Waals surface area contributed by atoms with Gasteiger partial charge >= 0.3 is 0 Å². The van der Waals surface area contributed by atoms with E-state index in [2.05, 4.69) is 15.5 Å². The number of aliphatic hydroxyl groups is 1. The zero-order valence-corrected chi connectivity index (χ0v) is 14.4. The maximum atomic E-state index is 12.5. The number of aromatic amines is 1. The van der Waals surface area contributed by atoms with E-state index in [0.29, 0.717) is 17.1 Å². The van der Waals surface area contributed by atoms with Gasteiger partial charge in [-0.05, 0) is 37.0 Å². The Hall–Kier alpha value is -2.54. The monoisotopic (exact) mass is 345 g/mol. The van der Waals surface area contributed by atoms with Gasteiger partial charge in [0.15, 0.2) is 0 Å². The molecule has 0 radical (unpaired) electrons. The van der Waals surface area contributed by atoms with Gasteiger partial charge in [-0.2, -0.15) is 5.10 Å². The molecule has 1 amide bonds. The lowest BCUT2D eigenvalue weighted by atomic mass is 9.86. The number of methoxy groups -OCH3 is 2. The van der Waals surface area contributed by atoms with Crippen molar-refractivity contribution >= 4 is 5.91 Å². The highest BCUT2D eigenvalue weighted by Gasteiger charge is 2.28. The third-order valence-corrected chi connectivity index (χ3v) is 4.59. The largest absolute Gasteiger partial charge is 0.497 e. The fraction of sp³-hybridized carbons (Fsp3) is 0.444. The molecular formula is C18H23N3O4. The predicted molar refractivity (Wildman–Crippen MR) is 91.8 cm³/mol. The number of benzene rings is 1. The molecular weight excluding hydrogens is 322 g/mol. The van der Waals surface area contributed by atoms with Crippen LogP contribution >= 0.6 is 0 Å². The van der Waals surface area contributed by atoms with E-state index < -0.39 is 6.10 Å². The molecule has 7 nitrogen and oxygen atoms in total. The Balaban J connectivity index is 1.65. The normalized spacial score (nSPS) is 17.5. The number of aliphatic hydroxyl groups excluding tert-OH is 1. The SMILES string of the molecule is COc1cc(OC)cc([C@H](O)CNC(=O)[C@H]2CCCc3[nH]ncc32)c1. The third kappa shape index (κ3) is 3.76. The Morgan fingerprint density at radius 3 is 2.76 bits per heavy atom. The van der Waals surface area contributed by atoms with Crippen LogP contribution in [0.25, 0.3) is 0 Å². The van der Waals surface area contributed by atoms with E-state index in [0.717, 1.165) is 30.5 Å². The summed E-state index contributed by atoms with van der Waals surface area (Å²) < 4.78 is 10.4. The highest BCUT2D eigenvalue weighted by Crippen LogP contribution is 2.30. The molecule has 1 heterocycles. The molecule has 1 aliphatic carbocycles. The van der Waals surface area contributed by atoms with Crippen molar-refractivity contribution < 1.29 is 19.4 Å². The Morgan fingerprint density at radius 1 is 1.36 bits per heavy atom. The number of carbonyl (C=O) groups is 1. The highest BCUT2D eigenvalue weighted by molar-refractivity contribution is 5.84. The molecule has 3 rings (SSSR count). The molecule has 0 saturated heterocycles. The lowest BCUT2D eigenvalue weighted by Gasteiger charge is -2.22. The zero-order valence-electron chi connectivity index (χ0n) is 14.4. The first-order valence-corrected chi connectivity index (χ1v) is 8.33. The smallest absolute Gasteiger partial charge is 0.227 e. The van der Waals surface area contributed by atoms with Crippen molar-refractivity contribution in [3.63, 3.8) is 0 Å². The standard InChI is InChI=1S/C18H23N3O4/c1-24-12-6-11(7-13(8-12)25-2)17(22)10-19-18(23)14-4-3-5-16-15(14)9-20-21-16/h6-9,14,17,22H,3-5,10H2,1-2H3,(H,19,23)(H,20,21)/t14-,17+/m0/s1. The summed E-state index contributed by atoms with van der Waals surface area (Å²) in [6.07, 6.45) is 3.54. The molecule has 0 bridgehead atoms. The van der Waals surface area contributed by atoms with Crippen LogP contribution < -0.4 is 14.8 Å². The number of hydrogen-bond donors (Lipinski definition) is 3. The average Bonchev–Trinajstić information content (AvgIpc) is 3.14. The molecule has 1 aromatic heterocycles. The van der Waals surface area contributed by atoms with Crippen molar-refractivity contribution in [2.24, 2.45) is 0 Å². The number of amides is 1. The highest BCUT2D eigenvalue weighted by atomic mass is 16.5. The molecule has 0 saturated carbocycles. The number of carbonyl (C=O) groups excluding carboxylic acids is 1. The molecule has 2 atom stereocenters. The van der Waals surface area contributed by atoms with Crippen LogP contribution in [0.2, 0.25) is 0 Å². The summed E-state index contributed by atoms with van der Waals surface area (Å²) in [5.41, 5.74) is 2.62. The van der Waals surface area contributed by atoms with E-state index in [9.17, 15) is 9.90 Å². The molecule has 25 heavy (non-hydrogen) atoms. The van der Waals surface area contributed by atoms with Gasteiger partial charge in [-0.15, -0.1) is 0 Å². The lowest BCUT2D eigenvalue weighted by Crippen LogP contribution is -2.34. The van der Waals surface area contributed by atoms with Gasteiger partial charge in [0.25, 0.3) is 0 Å². The number of hydrogen-bond acceptors (Lipinski definition) is 5. The van der Waals surface area contributed by atoms with Crippen molar-refractivity contribution in [3.05, 3.63) is 41.2 Å². The summed E-state index contributed by atoms with van der Waals surface area (Å²) in [7, 11) is 3.11. The van der Waals surface area contributed by atoms with Gasteiger partial charge in [0.05, 0.1) is 32.4 Å². The predicted octanol–water partition coefficient (Wildman–Crippen LogP) is 1.70. The van der Waals surface area contributed by atoms with Crippen LogP contribution in [0.4, 0.5) is 0 Å². The van der Waals surface area contributed by atoms with Crippen LogP contribution in [0.1, 0.15) is 41.7 Å². The fourth-order valence-electron chi connectivity index (χ4n) is 3.19. The molecule has 3 N–H and O–H groups in total. The second-order valence-corrected chi connectivity index (χ2v) is 6.16. The first-order valence-electron chi connectivity index (χ1n) is 8.33. The first-order chi connectivity index (χ1) is 12.1. The number of H-pyrrole nitrogens is 1. The summed E-state index contributed by atoms with van der Waals surface area (Å²) in [5.74, 6) is 0.885. The Labute approximate surface area is 146 Å². The van der Waals surface area contributed by atoms with Crippen molar-refractivity contribution in [1.29, 1.82) is 0 Å². The van der Waals surface area contributed by atoms with Gasteiger partial charge in [-0.3, -0.25) is 9.89 Å². The van der Waals surface area contributed by atoms with Crippen molar-refractivity contribution in [2.45, 2.75) is 31.3 Å². The number of aryl methyl sites for hydroxylation is 1. The van der Waals surface area contributed by atoms with E-state index in [1.165, 1.54) is 0 Å². The Bertz CT molecular complexity index is 721. The molecule has 1 aromatic carbocycles.